The molecule has 0 N–H and O–H groups in total. The van der Waals surface area contributed by atoms with Crippen LogP contribution in [0.1, 0.15) is 49.9 Å². The second kappa shape index (κ2) is 10.4. The monoisotopic (exact) mass is 618 g/mol. The Hall–Kier alpha value is -5.74. The first-order valence-corrected chi connectivity index (χ1v) is 16.5. The normalized spacial score (nSPS) is 14.6. The van der Waals surface area contributed by atoms with Crippen molar-refractivity contribution in [2.45, 2.75) is 38.5 Å². The molecule has 48 heavy (non-hydrogen) atoms. The zero-order valence-electron chi connectivity index (χ0n) is 27.5. The zero-order chi connectivity index (χ0) is 32.6. The number of hydrogen-bond acceptors (Lipinski definition) is 4. The Bertz CT molecular complexity index is 2220. The van der Waals surface area contributed by atoms with Crippen LogP contribution in [-0.4, -0.2) is 19.9 Å². The van der Waals surface area contributed by atoms with E-state index < -0.39 is 0 Å². The summed E-state index contributed by atoms with van der Waals surface area (Å²) in [5, 5.41) is 0. The molecule has 4 aromatic heterocycles. The van der Waals surface area contributed by atoms with Crippen molar-refractivity contribution in [3.05, 3.63) is 156 Å². The molecule has 0 fully saturated rings. The fraction of sp³-hybridized carbons (Fsp3) is 0.136. The Morgan fingerprint density at radius 3 is 1.48 bits per heavy atom. The molecule has 4 heteroatoms. The summed E-state index contributed by atoms with van der Waals surface area (Å²) < 4.78 is 0. The lowest BCUT2D eigenvalue weighted by atomic mass is 9.79. The number of rotatable bonds is 4. The molecule has 0 radical (unpaired) electrons. The van der Waals surface area contributed by atoms with Crippen LogP contribution >= 0.6 is 0 Å². The minimum atomic E-state index is -0.151. The number of aromatic nitrogens is 4. The highest BCUT2D eigenvalue weighted by Crippen LogP contribution is 2.56. The molecule has 0 saturated carbocycles. The van der Waals surface area contributed by atoms with Gasteiger partial charge in [-0.25, -0.2) is 4.98 Å². The quantitative estimate of drug-likeness (QED) is 0.197. The first-order valence-electron chi connectivity index (χ1n) is 16.5. The summed E-state index contributed by atoms with van der Waals surface area (Å²) in [5.41, 5.74) is 19.0. The van der Waals surface area contributed by atoms with Crippen molar-refractivity contribution < 1.29 is 0 Å². The van der Waals surface area contributed by atoms with Gasteiger partial charge in [-0.3, -0.25) is 15.0 Å². The summed E-state index contributed by atoms with van der Waals surface area (Å²) in [7, 11) is 0. The van der Waals surface area contributed by atoms with Gasteiger partial charge < -0.3 is 0 Å². The van der Waals surface area contributed by atoms with E-state index in [1.165, 1.54) is 50.1 Å². The average molecular weight is 619 g/mol. The van der Waals surface area contributed by atoms with Crippen LogP contribution in [0.15, 0.2) is 134 Å². The maximum absolute atomic E-state index is 5.03. The van der Waals surface area contributed by atoms with Crippen LogP contribution in [0.25, 0.3) is 67.0 Å². The molecule has 0 aliphatic heterocycles. The summed E-state index contributed by atoms with van der Waals surface area (Å²) in [4.78, 5) is 18.2. The predicted octanol–water partition coefficient (Wildman–Crippen LogP) is 10.5. The van der Waals surface area contributed by atoms with Crippen LogP contribution in [-0.2, 0) is 10.8 Å². The lowest BCUT2D eigenvalue weighted by Crippen LogP contribution is -2.17. The van der Waals surface area contributed by atoms with Crippen molar-refractivity contribution in [3.8, 4) is 67.0 Å². The van der Waals surface area contributed by atoms with Crippen molar-refractivity contribution in [2.24, 2.45) is 0 Å². The van der Waals surface area contributed by atoms with Gasteiger partial charge in [-0.2, -0.15) is 0 Å². The van der Waals surface area contributed by atoms with Gasteiger partial charge in [-0.15, -0.1) is 0 Å². The third kappa shape index (κ3) is 4.29. The summed E-state index contributed by atoms with van der Waals surface area (Å²) in [6.45, 7) is 9.45. The van der Waals surface area contributed by atoms with E-state index in [2.05, 4.69) is 122 Å². The zero-order valence-corrected chi connectivity index (χ0v) is 27.5. The summed E-state index contributed by atoms with van der Waals surface area (Å²) in [6, 6.07) is 35.3. The molecular weight excluding hydrogens is 585 g/mol. The van der Waals surface area contributed by atoms with E-state index >= 15 is 0 Å². The van der Waals surface area contributed by atoms with E-state index in [0.29, 0.717) is 0 Å². The van der Waals surface area contributed by atoms with Crippen LogP contribution < -0.4 is 0 Å². The van der Waals surface area contributed by atoms with E-state index in [4.69, 9.17) is 4.98 Å². The highest BCUT2D eigenvalue weighted by Gasteiger charge is 2.41. The Morgan fingerprint density at radius 1 is 0.375 bits per heavy atom. The van der Waals surface area contributed by atoms with Gasteiger partial charge in [0.1, 0.15) is 0 Å². The molecule has 2 aliphatic rings. The van der Waals surface area contributed by atoms with Gasteiger partial charge in [0.05, 0.1) is 11.4 Å². The standard InChI is InChI=1S/C44H34N4/c1-43(2)37-19-27(31-18-32(26-47-25-31)29-8-6-16-45-23-29)12-14-33(37)35-21-40-36(22-39(35)43)34-15-13-28(20-38(34)44(40,3)4)41-10-5-11-42(48-41)30-9-7-17-46-24-30/h5-26H,1-4H3. The molecular formula is C44H34N4. The summed E-state index contributed by atoms with van der Waals surface area (Å²) >= 11 is 0. The number of pyridine rings is 4. The number of fused-ring (bicyclic) bond motifs is 6. The fourth-order valence-corrected chi connectivity index (χ4v) is 7.86. The second-order valence-electron chi connectivity index (χ2n) is 14.1. The van der Waals surface area contributed by atoms with Gasteiger partial charge in [0.25, 0.3) is 0 Å². The Balaban J connectivity index is 1.10. The van der Waals surface area contributed by atoms with Gasteiger partial charge >= 0.3 is 0 Å². The topological polar surface area (TPSA) is 51.6 Å². The van der Waals surface area contributed by atoms with E-state index in [1.54, 1.807) is 12.4 Å². The molecule has 4 heterocycles. The summed E-state index contributed by atoms with van der Waals surface area (Å²) in [6.07, 6.45) is 11.2. The molecule has 4 nitrogen and oxygen atoms in total. The number of nitrogens with zero attached hydrogens (tertiary/aromatic N) is 4. The first kappa shape index (κ1) is 28.5. The van der Waals surface area contributed by atoms with Crippen molar-refractivity contribution in [1.29, 1.82) is 0 Å². The SMILES string of the molecule is CC1(C)c2cc(-c3cncc(-c4cccnc4)c3)ccc2-c2cc3c(cc21)-c1ccc(-c2cccc(-c4cccnc4)n2)cc1C3(C)C. The van der Waals surface area contributed by atoms with Gasteiger partial charge in [0.2, 0.25) is 0 Å². The van der Waals surface area contributed by atoms with Gasteiger partial charge in [-0.1, -0.05) is 64.1 Å². The Kier molecular flexibility index (Phi) is 6.16. The fourth-order valence-electron chi connectivity index (χ4n) is 7.86. The van der Waals surface area contributed by atoms with Gasteiger partial charge in [0, 0.05) is 75.8 Å². The van der Waals surface area contributed by atoms with Crippen LogP contribution in [0.3, 0.4) is 0 Å². The van der Waals surface area contributed by atoms with Crippen molar-refractivity contribution in [3.63, 3.8) is 0 Å². The van der Waals surface area contributed by atoms with E-state index in [9.17, 15) is 0 Å². The van der Waals surface area contributed by atoms with Crippen LogP contribution in [0, 0.1) is 0 Å². The van der Waals surface area contributed by atoms with Crippen LogP contribution in [0.4, 0.5) is 0 Å². The molecule has 0 spiro atoms. The molecule has 3 aromatic carbocycles. The van der Waals surface area contributed by atoms with Crippen molar-refractivity contribution in [1.82, 2.24) is 19.9 Å². The largest absolute Gasteiger partial charge is 0.264 e. The highest BCUT2D eigenvalue weighted by molar-refractivity contribution is 5.91. The molecule has 9 rings (SSSR count). The minimum absolute atomic E-state index is 0.145. The molecule has 0 amide bonds. The minimum Gasteiger partial charge on any atom is -0.264 e. The second-order valence-corrected chi connectivity index (χ2v) is 14.1. The number of benzene rings is 3. The maximum atomic E-state index is 5.03. The van der Waals surface area contributed by atoms with Crippen molar-refractivity contribution >= 4 is 0 Å². The number of hydrogen-bond donors (Lipinski definition) is 0. The molecule has 0 unspecified atom stereocenters. The third-order valence-corrected chi connectivity index (χ3v) is 10.5. The van der Waals surface area contributed by atoms with Crippen molar-refractivity contribution in [2.75, 3.05) is 0 Å². The molecule has 0 saturated heterocycles. The average Bonchev–Trinajstić information content (AvgIpc) is 3.50. The lowest BCUT2D eigenvalue weighted by Gasteiger charge is -2.24. The summed E-state index contributed by atoms with van der Waals surface area (Å²) in [5.74, 6) is 0. The molecule has 2 aliphatic carbocycles. The maximum Gasteiger partial charge on any atom is 0.0725 e. The molecule has 230 valence electrons. The van der Waals surface area contributed by atoms with Gasteiger partial charge in [-0.05, 0) is 111 Å². The van der Waals surface area contributed by atoms with Crippen LogP contribution in [0.2, 0.25) is 0 Å². The highest BCUT2D eigenvalue weighted by atomic mass is 14.7. The molecule has 7 aromatic rings. The first-order chi connectivity index (χ1) is 23.3. The Labute approximate surface area is 281 Å². The third-order valence-electron chi connectivity index (χ3n) is 10.5. The molecule has 0 bridgehead atoms. The van der Waals surface area contributed by atoms with Gasteiger partial charge in [0.15, 0.2) is 0 Å². The van der Waals surface area contributed by atoms with E-state index in [-0.39, 0.29) is 10.8 Å². The lowest BCUT2D eigenvalue weighted by molar-refractivity contribution is 0.652. The predicted molar refractivity (Wildman–Crippen MR) is 194 cm³/mol. The van der Waals surface area contributed by atoms with E-state index in [1.807, 2.05) is 43.0 Å². The van der Waals surface area contributed by atoms with Crippen LogP contribution in [0.5, 0.6) is 0 Å². The molecule has 0 atom stereocenters. The Morgan fingerprint density at radius 2 is 0.875 bits per heavy atom. The smallest absolute Gasteiger partial charge is 0.0725 e. The van der Waals surface area contributed by atoms with E-state index in [0.717, 1.165) is 39.2 Å².